The van der Waals surface area contributed by atoms with Gasteiger partial charge in [0.25, 0.3) is 11.8 Å². The molecule has 0 aromatic heterocycles. The van der Waals surface area contributed by atoms with Crippen LogP contribution in [0.2, 0.25) is 0 Å². The van der Waals surface area contributed by atoms with E-state index in [4.69, 9.17) is 10.5 Å². The third kappa shape index (κ3) is 3.66. The Kier molecular flexibility index (Phi) is 4.84. The van der Waals surface area contributed by atoms with Gasteiger partial charge in [-0.05, 0) is 55.9 Å². The van der Waals surface area contributed by atoms with E-state index in [0.717, 1.165) is 19.4 Å². The average molecular weight is 316 g/mol. The minimum absolute atomic E-state index is 0.112. The van der Waals surface area contributed by atoms with Crippen molar-refractivity contribution in [1.29, 1.82) is 0 Å². The number of hydrogen-bond acceptors (Lipinski definition) is 3. The fourth-order valence-corrected chi connectivity index (χ4v) is 3.89. The summed E-state index contributed by atoms with van der Waals surface area (Å²) in [6.07, 6.45) is 7.36. The van der Waals surface area contributed by atoms with E-state index < -0.39 is 5.91 Å². The zero-order valence-electron chi connectivity index (χ0n) is 13.4. The minimum atomic E-state index is -0.512. The Bertz CT molecular complexity index is 564. The predicted octanol–water partition coefficient (Wildman–Crippen LogP) is 2.35. The first-order chi connectivity index (χ1) is 11.1. The van der Waals surface area contributed by atoms with Gasteiger partial charge >= 0.3 is 0 Å². The molecule has 2 N–H and O–H groups in total. The van der Waals surface area contributed by atoms with Crippen LogP contribution in [-0.4, -0.2) is 35.9 Å². The molecule has 3 rings (SSSR count). The van der Waals surface area contributed by atoms with Crippen LogP contribution in [0.3, 0.4) is 0 Å². The van der Waals surface area contributed by atoms with Crippen LogP contribution in [0.4, 0.5) is 0 Å². The summed E-state index contributed by atoms with van der Waals surface area (Å²) in [6.45, 7) is 0.711. The molecule has 1 unspecified atom stereocenters. The second kappa shape index (κ2) is 7.02. The van der Waals surface area contributed by atoms with Crippen LogP contribution >= 0.6 is 0 Å². The van der Waals surface area contributed by atoms with Crippen molar-refractivity contribution in [2.75, 3.05) is 13.2 Å². The smallest absolute Gasteiger partial charge is 0.255 e. The number of nitrogens with zero attached hydrogens (tertiary/aromatic N) is 1. The van der Waals surface area contributed by atoms with Crippen LogP contribution in [-0.2, 0) is 4.79 Å². The summed E-state index contributed by atoms with van der Waals surface area (Å²) in [6, 6.07) is 7.38. The largest absolute Gasteiger partial charge is 0.484 e. The topological polar surface area (TPSA) is 72.6 Å². The van der Waals surface area contributed by atoms with Crippen molar-refractivity contribution in [3.05, 3.63) is 29.8 Å². The number of ether oxygens (including phenoxy) is 1. The highest BCUT2D eigenvalue weighted by Crippen LogP contribution is 2.36. The van der Waals surface area contributed by atoms with E-state index in [-0.39, 0.29) is 12.5 Å². The van der Waals surface area contributed by atoms with Crippen molar-refractivity contribution in [3.63, 3.8) is 0 Å². The van der Waals surface area contributed by atoms with E-state index in [2.05, 4.69) is 4.90 Å². The zero-order chi connectivity index (χ0) is 16.2. The minimum Gasteiger partial charge on any atom is -0.484 e. The Balaban J connectivity index is 1.65. The average Bonchev–Trinajstić information content (AvgIpc) is 3.23. The summed E-state index contributed by atoms with van der Waals surface area (Å²) in [4.78, 5) is 25.6. The molecule has 5 nitrogen and oxygen atoms in total. The number of carbonyl (C=O) groups is 2. The Hall–Kier alpha value is -2.04. The summed E-state index contributed by atoms with van der Waals surface area (Å²) in [5.41, 5.74) is 5.73. The number of likely N-dealkylation sites (tertiary alicyclic amines) is 1. The lowest BCUT2D eigenvalue weighted by Gasteiger charge is -2.29. The lowest BCUT2D eigenvalue weighted by Crippen LogP contribution is -2.39. The van der Waals surface area contributed by atoms with Gasteiger partial charge in [-0.25, -0.2) is 0 Å². The maximum atomic E-state index is 12.8. The number of rotatable bonds is 5. The Morgan fingerprint density at radius 1 is 1.09 bits per heavy atom. The van der Waals surface area contributed by atoms with Crippen molar-refractivity contribution in [1.82, 2.24) is 4.90 Å². The van der Waals surface area contributed by atoms with Gasteiger partial charge < -0.3 is 15.4 Å². The van der Waals surface area contributed by atoms with Crippen LogP contribution in [0.25, 0.3) is 0 Å². The summed E-state index contributed by atoms with van der Waals surface area (Å²) < 4.78 is 5.23. The van der Waals surface area contributed by atoms with Crippen LogP contribution in [0.15, 0.2) is 24.3 Å². The van der Waals surface area contributed by atoms with Crippen molar-refractivity contribution in [3.8, 4) is 5.75 Å². The van der Waals surface area contributed by atoms with Gasteiger partial charge in [0.15, 0.2) is 6.61 Å². The molecule has 0 spiro atoms. The SMILES string of the molecule is NC(=O)COc1ccc(C(=O)N2CCCC2C2CCCC2)cc1. The highest BCUT2D eigenvalue weighted by Gasteiger charge is 2.36. The molecule has 0 bridgehead atoms. The molecular weight excluding hydrogens is 292 g/mol. The Morgan fingerprint density at radius 2 is 1.78 bits per heavy atom. The molecule has 2 aliphatic rings. The highest BCUT2D eigenvalue weighted by molar-refractivity contribution is 5.94. The number of nitrogens with two attached hydrogens (primary N) is 1. The summed E-state index contributed by atoms with van der Waals surface area (Å²) in [5.74, 6) is 0.830. The molecule has 23 heavy (non-hydrogen) atoms. The maximum absolute atomic E-state index is 12.8. The first-order valence-electron chi connectivity index (χ1n) is 8.47. The van der Waals surface area contributed by atoms with Crippen molar-refractivity contribution < 1.29 is 14.3 Å². The fraction of sp³-hybridized carbons (Fsp3) is 0.556. The highest BCUT2D eigenvalue weighted by atomic mass is 16.5. The number of amides is 2. The van der Waals surface area contributed by atoms with Gasteiger partial charge in [0.05, 0.1) is 0 Å². The summed E-state index contributed by atoms with van der Waals surface area (Å²) >= 11 is 0. The number of primary amides is 1. The predicted molar refractivity (Wildman–Crippen MR) is 87.1 cm³/mol. The monoisotopic (exact) mass is 316 g/mol. The second-order valence-electron chi connectivity index (χ2n) is 6.53. The first-order valence-corrected chi connectivity index (χ1v) is 8.47. The van der Waals surface area contributed by atoms with E-state index in [1.807, 2.05) is 0 Å². The van der Waals surface area contributed by atoms with Crippen molar-refractivity contribution >= 4 is 11.8 Å². The van der Waals surface area contributed by atoms with E-state index in [1.54, 1.807) is 24.3 Å². The van der Waals surface area contributed by atoms with Crippen molar-refractivity contribution in [2.45, 2.75) is 44.6 Å². The molecule has 1 saturated carbocycles. The molecule has 1 atom stereocenters. The number of benzene rings is 1. The molecule has 2 fully saturated rings. The Labute approximate surface area is 136 Å². The summed E-state index contributed by atoms with van der Waals surface area (Å²) in [5, 5.41) is 0. The van der Waals surface area contributed by atoms with Gasteiger partial charge in [-0.2, -0.15) is 0 Å². The van der Waals surface area contributed by atoms with E-state index in [1.165, 1.54) is 25.7 Å². The Morgan fingerprint density at radius 3 is 2.43 bits per heavy atom. The molecule has 0 radical (unpaired) electrons. The first kappa shape index (κ1) is 15.8. The van der Waals surface area contributed by atoms with Crippen LogP contribution in [0, 0.1) is 5.92 Å². The molecule has 1 heterocycles. The van der Waals surface area contributed by atoms with Gasteiger partial charge in [0.2, 0.25) is 0 Å². The van der Waals surface area contributed by atoms with E-state index in [9.17, 15) is 9.59 Å². The van der Waals surface area contributed by atoms with Crippen LogP contribution < -0.4 is 10.5 Å². The fourth-order valence-electron chi connectivity index (χ4n) is 3.89. The third-order valence-electron chi connectivity index (χ3n) is 4.99. The van der Waals surface area contributed by atoms with Gasteiger partial charge in [0.1, 0.15) is 5.75 Å². The summed E-state index contributed by atoms with van der Waals surface area (Å²) in [7, 11) is 0. The van der Waals surface area contributed by atoms with E-state index in [0.29, 0.717) is 23.3 Å². The number of carbonyl (C=O) groups excluding carboxylic acids is 2. The molecule has 1 aromatic carbocycles. The van der Waals surface area contributed by atoms with Gasteiger partial charge in [-0.15, -0.1) is 0 Å². The van der Waals surface area contributed by atoms with Gasteiger partial charge in [0, 0.05) is 18.2 Å². The van der Waals surface area contributed by atoms with Gasteiger partial charge in [-0.3, -0.25) is 9.59 Å². The molecule has 1 aliphatic heterocycles. The molecule has 1 saturated heterocycles. The number of hydrogen-bond donors (Lipinski definition) is 1. The quantitative estimate of drug-likeness (QED) is 0.906. The van der Waals surface area contributed by atoms with E-state index >= 15 is 0 Å². The molecule has 5 heteroatoms. The molecule has 2 amide bonds. The lowest BCUT2D eigenvalue weighted by atomic mass is 9.95. The maximum Gasteiger partial charge on any atom is 0.255 e. The zero-order valence-corrected chi connectivity index (χ0v) is 13.4. The van der Waals surface area contributed by atoms with Crippen LogP contribution in [0.1, 0.15) is 48.9 Å². The molecule has 1 aromatic rings. The normalized spacial score (nSPS) is 21.6. The van der Waals surface area contributed by atoms with Crippen molar-refractivity contribution in [2.24, 2.45) is 11.7 Å². The molecule has 1 aliphatic carbocycles. The molecular formula is C18H24N2O3. The standard InChI is InChI=1S/C18H24N2O3/c19-17(21)12-23-15-9-7-14(8-10-15)18(22)20-11-3-6-16(20)13-4-1-2-5-13/h7-10,13,16H,1-6,11-12H2,(H2,19,21). The van der Waals surface area contributed by atoms with Crippen LogP contribution in [0.5, 0.6) is 5.75 Å². The third-order valence-corrected chi connectivity index (χ3v) is 4.99. The lowest BCUT2D eigenvalue weighted by molar-refractivity contribution is -0.119. The second-order valence-corrected chi connectivity index (χ2v) is 6.53. The van der Waals surface area contributed by atoms with Gasteiger partial charge in [-0.1, -0.05) is 12.8 Å². The molecule has 124 valence electrons.